The van der Waals surface area contributed by atoms with Crippen LogP contribution < -0.4 is 9.47 Å². The highest BCUT2D eigenvalue weighted by Crippen LogP contribution is 2.63. The molecule has 4 heteroatoms. The van der Waals surface area contributed by atoms with E-state index in [1.807, 2.05) is 6.07 Å². The zero-order valence-corrected chi connectivity index (χ0v) is 13.5. The zero-order valence-electron chi connectivity index (χ0n) is 13.5. The third-order valence-electron chi connectivity index (χ3n) is 6.19. The normalized spacial score (nSPS) is 36.7. The zero-order chi connectivity index (χ0) is 15.5. The fourth-order valence-corrected chi connectivity index (χ4v) is 4.99. The Balaban J connectivity index is 1.81. The van der Waals surface area contributed by atoms with E-state index in [1.54, 1.807) is 14.2 Å². The van der Waals surface area contributed by atoms with E-state index in [0.29, 0.717) is 30.1 Å². The molecule has 2 saturated carbocycles. The Morgan fingerprint density at radius 2 is 2.00 bits per heavy atom. The molecule has 4 rings (SSSR count). The van der Waals surface area contributed by atoms with E-state index in [1.165, 1.54) is 5.56 Å². The lowest BCUT2D eigenvalue weighted by atomic mass is 9.65. The summed E-state index contributed by atoms with van der Waals surface area (Å²) in [4.78, 5) is 14.6. The van der Waals surface area contributed by atoms with Crippen LogP contribution >= 0.6 is 0 Å². The molecule has 0 spiro atoms. The molecule has 3 fully saturated rings. The molecule has 1 unspecified atom stereocenters. The van der Waals surface area contributed by atoms with E-state index >= 15 is 0 Å². The SMILES string of the molecule is COc1ccc([C@]23CCN(C)[C@H]2CC(=O)[C@H]2CC23)cc1OC. The van der Waals surface area contributed by atoms with Crippen LogP contribution in [-0.2, 0) is 10.2 Å². The molecule has 0 amide bonds. The van der Waals surface area contributed by atoms with Gasteiger partial charge in [0.15, 0.2) is 11.5 Å². The Morgan fingerprint density at radius 1 is 1.23 bits per heavy atom. The van der Waals surface area contributed by atoms with Crippen LogP contribution in [0.4, 0.5) is 0 Å². The summed E-state index contributed by atoms with van der Waals surface area (Å²) in [6.07, 6.45) is 2.90. The molecule has 0 radical (unpaired) electrons. The molecule has 1 heterocycles. The van der Waals surface area contributed by atoms with Crippen molar-refractivity contribution in [2.45, 2.75) is 30.7 Å². The first-order valence-corrected chi connectivity index (χ1v) is 8.07. The van der Waals surface area contributed by atoms with Crippen molar-refractivity contribution in [1.82, 2.24) is 4.90 Å². The van der Waals surface area contributed by atoms with Crippen LogP contribution in [0, 0.1) is 11.8 Å². The molecule has 2 aliphatic carbocycles. The van der Waals surface area contributed by atoms with E-state index in [-0.39, 0.29) is 5.41 Å². The lowest BCUT2D eigenvalue weighted by molar-refractivity contribution is -0.124. The maximum atomic E-state index is 12.2. The highest BCUT2D eigenvalue weighted by Gasteiger charge is 2.65. The van der Waals surface area contributed by atoms with Crippen LogP contribution in [0.2, 0.25) is 0 Å². The van der Waals surface area contributed by atoms with E-state index in [9.17, 15) is 4.79 Å². The van der Waals surface area contributed by atoms with Crippen LogP contribution in [0.3, 0.4) is 0 Å². The van der Waals surface area contributed by atoms with Gasteiger partial charge < -0.3 is 14.4 Å². The van der Waals surface area contributed by atoms with E-state index < -0.39 is 0 Å². The number of likely N-dealkylation sites (N-methyl/N-ethyl adjacent to an activating group) is 1. The van der Waals surface area contributed by atoms with Crippen molar-refractivity contribution in [2.75, 3.05) is 27.8 Å². The number of fused-ring (bicyclic) bond motifs is 3. The second-order valence-corrected chi connectivity index (χ2v) is 6.98. The number of Topliss-reactive ketones (excluding diaryl/α,β-unsaturated/α-hetero) is 1. The van der Waals surface area contributed by atoms with Gasteiger partial charge in [0.2, 0.25) is 0 Å². The Bertz CT molecular complexity index is 629. The number of hydrogen-bond donors (Lipinski definition) is 0. The molecule has 118 valence electrons. The summed E-state index contributed by atoms with van der Waals surface area (Å²) < 4.78 is 10.9. The predicted molar refractivity (Wildman–Crippen MR) is 83.5 cm³/mol. The molecule has 1 aliphatic heterocycles. The van der Waals surface area contributed by atoms with Crippen LogP contribution in [0.5, 0.6) is 11.5 Å². The molecule has 22 heavy (non-hydrogen) atoms. The van der Waals surface area contributed by atoms with Crippen molar-refractivity contribution in [2.24, 2.45) is 11.8 Å². The van der Waals surface area contributed by atoms with Gasteiger partial charge in [-0.05, 0) is 50.0 Å². The van der Waals surface area contributed by atoms with Crippen LogP contribution in [0.25, 0.3) is 0 Å². The van der Waals surface area contributed by atoms with Gasteiger partial charge in [0.25, 0.3) is 0 Å². The number of ketones is 1. The average Bonchev–Trinajstić information content (AvgIpc) is 3.29. The van der Waals surface area contributed by atoms with Gasteiger partial charge in [0.05, 0.1) is 14.2 Å². The predicted octanol–water partition coefficient (Wildman–Crippen LogP) is 2.25. The summed E-state index contributed by atoms with van der Waals surface area (Å²) in [6, 6.07) is 6.66. The number of hydrogen-bond acceptors (Lipinski definition) is 4. The number of carbonyl (C=O) groups is 1. The average molecular weight is 301 g/mol. The van der Waals surface area contributed by atoms with Gasteiger partial charge >= 0.3 is 0 Å². The van der Waals surface area contributed by atoms with Crippen molar-refractivity contribution in [3.63, 3.8) is 0 Å². The smallest absolute Gasteiger partial charge is 0.161 e. The molecule has 0 N–H and O–H groups in total. The van der Waals surface area contributed by atoms with E-state index in [4.69, 9.17) is 9.47 Å². The van der Waals surface area contributed by atoms with Gasteiger partial charge in [-0.3, -0.25) is 4.79 Å². The molecule has 1 aromatic rings. The van der Waals surface area contributed by atoms with Crippen molar-refractivity contribution in [1.29, 1.82) is 0 Å². The molecular formula is C18H23NO3. The Hall–Kier alpha value is -1.55. The molecule has 1 saturated heterocycles. The first-order valence-electron chi connectivity index (χ1n) is 8.07. The third-order valence-corrected chi connectivity index (χ3v) is 6.19. The van der Waals surface area contributed by atoms with Crippen LogP contribution in [-0.4, -0.2) is 44.5 Å². The number of benzene rings is 1. The number of carbonyl (C=O) groups excluding carboxylic acids is 1. The van der Waals surface area contributed by atoms with E-state index in [2.05, 4.69) is 24.1 Å². The summed E-state index contributed by atoms with van der Waals surface area (Å²) in [5.41, 5.74) is 1.44. The van der Waals surface area contributed by atoms with Crippen LogP contribution in [0.1, 0.15) is 24.8 Å². The van der Waals surface area contributed by atoms with Gasteiger partial charge in [-0.2, -0.15) is 0 Å². The van der Waals surface area contributed by atoms with Gasteiger partial charge in [-0.25, -0.2) is 0 Å². The van der Waals surface area contributed by atoms with Crippen molar-refractivity contribution >= 4 is 5.78 Å². The van der Waals surface area contributed by atoms with Crippen molar-refractivity contribution < 1.29 is 14.3 Å². The maximum absolute atomic E-state index is 12.2. The van der Waals surface area contributed by atoms with Crippen LogP contribution in [0.15, 0.2) is 18.2 Å². The number of likely N-dealkylation sites (tertiary alicyclic amines) is 1. The molecular weight excluding hydrogens is 278 g/mol. The standard InChI is InChI=1S/C18H23NO3/c1-19-7-6-18(13-9-12(13)14(20)10-17(18)19)11-4-5-15(21-2)16(8-11)22-3/h4-5,8,12-13,17H,6-7,9-10H2,1-3H3/t12-,13?,17-,18-/m0/s1. The number of rotatable bonds is 3. The fraction of sp³-hybridized carbons (Fsp3) is 0.611. The minimum absolute atomic E-state index is 0.118. The minimum Gasteiger partial charge on any atom is -0.493 e. The largest absolute Gasteiger partial charge is 0.493 e. The number of methoxy groups -OCH3 is 2. The summed E-state index contributed by atoms with van der Waals surface area (Å²) in [5.74, 6) is 2.85. The Morgan fingerprint density at radius 3 is 2.73 bits per heavy atom. The second-order valence-electron chi connectivity index (χ2n) is 6.98. The molecule has 3 aliphatic rings. The summed E-state index contributed by atoms with van der Waals surface area (Å²) >= 11 is 0. The monoisotopic (exact) mass is 301 g/mol. The molecule has 4 atom stereocenters. The summed E-state index contributed by atoms with van der Waals surface area (Å²) in [5, 5.41) is 0. The minimum atomic E-state index is 0.118. The Kier molecular flexibility index (Phi) is 3.02. The van der Waals surface area contributed by atoms with Gasteiger partial charge in [-0.1, -0.05) is 6.07 Å². The third kappa shape index (κ3) is 1.70. The maximum Gasteiger partial charge on any atom is 0.161 e. The van der Waals surface area contributed by atoms with Crippen molar-refractivity contribution in [3.05, 3.63) is 23.8 Å². The number of nitrogens with zero attached hydrogens (tertiary/aromatic N) is 1. The van der Waals surface area contributed by atoms with E-state index in [0.717, 1.165) is 30.9 Å². The van der Waals surface area contributed by atoms with Crippen molar-refractivity contribution in [3.8, 4) is 11.5 Å². The Labute approximate surface area is 131 Å². The molecule has 0 bridgehead atoms. The highest BCUT2D eigenvalue weighted by molar-refractivity contribution is 5.87. The lowest BCUT2D eigenvalue weighted by Crippen LogP contribution is -2.48. The van der Waals surface area contributed by atoms with Gasteiger partial charge in [-0.15, -0.1) is 0 Å². The highest BCUT2D eigenvalue weighted by atomic mass is 16.5. The quantitative estimate of drug-likeness (QED) is 0.858. The first-order chi connectivity index (χ1) is 10.6. The van der Waals surface area contributed by atoms with Gasteiger partial charge in [0, 0.05) is 23.8 Å². The fourth-order valence-electron chi connectivity index (χ4n) is 4.99. The summed E-state index contributed by atoms with van der Waals surface area (Å²) in [7, 11) is 5.50. The molecule has 4 nitrogen and oxygen atoms in total. The lowest BCUT2D eigenvalue weighted by Gasteiger charge is -2.41. The molecule has 0 aromatic heterocycles. The number of ether oxygens (including phenoxy) is 2. The summed E-state index contributed by atoms with van der Waals surface area (Å²) in [6.45, 7) is 1.06. The van der Waals surface area contributed by atoms with Gasteiger partial charge in [0.1, 0.15) is 5.78 Å². The first kappa shape index (κ1) is 14.1. The topological polar surface area (TPSA) is 38.8 Å². The molecule has 1 aromatic carbocycles. The second kappa shape index (κ2) is 4.72.